The molecule has 0 fully saturated rings. The van der Waals surface area contributed by atoms with Gasteiger partial charge >= 0.3 is 0 Å². The molecule has 0 saturated heterocycles. The summed E-state index contributed by atoms with van der Waals surface area (Å²) in [5, 5.41) is 10.1. The Labute approximate surface area is 179 Å². The molecule has 0 saturated carbocycles. The monoisotopic (exact) mass is 536 g/mol. The first-order valence-electron chi connectivity index (χ1n) is 8.36. The number of halogens is 3. The molecule has 5 heteroatoms. The number of phenolic OH excluding ortho intramolecular Hbond substituents is 1. The van der Waals surface area contributed by atoms with Crippen molar-refractivity contribution >= 4 is 49.7 Å². The molecular formula is C22H15BrFIO2. The van der Waals surface area contributed by atoms with Gasteiger partial charge < -0.3 is 9.84 Å². The van der Waals surface area contributed by atoms with E-state index in [1.54, 1.807) is 24.3 Å². The predicted molar refractivity (Wildman–Crippen MR) is 117 cm³/mol. The number of aromatic hydroxyl groups is 1. The molecule has 0 bridgehead atoms. The first-order chi connectivity index (χ1) is 12.9. The molecule has 136 valence electrons. The van der Waals surface area contributed by atoms with Crippen molar-refractivity contribution in [3.8, 4) is 11.5 Å². The van der Waals surface area contributed by atoms with Crippen LogP contribution in [0.4, 0.5) is 4.39 Å². The number of phenols is 1. The fraction of sp³-hybridized carbons (Fsp3) is 0.0909. The minimum absolute atomic E-state index is 0.155. The summed E-state index contributed by atoms with van der Waals surface area (Å²) in [7, 11) is 0. The van der Waals surface area contributed by atoms with Crippen molar-refractivity contribution in [2.24, 2.45) is 0 Å². The molecule has 0 aromatic heterocycles. The first kappa shape index (κ1) is 18.5. The number of fused-ring (bicyclic) bond motifs is 1. The highest BCUT2D eigenvalue weighted by molar-refractivity contribution is 14.1. The van der Waals surface area contributed by atoms with Gasteiger partial charge in [-0.05, 0) is 98.5 Å². The normalized spacial score (nSPS) is 16.1. The van der Waals surface area contributed by atoms with E-state index in [0.717, 1.165) is 31.4 Å². The Morgan fingerprint density at radius 1 is 1.04 bits per heavy atom. The van der Waals surface area contributed by atoms with Crippen LogP contribution in [-0.4, -0.2) is 5.11 Å². The highest BCUT2D eigenvalue weighted by Gasteiger charge is 2.30. The maximum absolute atomic E-state index is 13.5. The highest BCUT2D eigenvalue weighted by atomic mass is 127. The molecule has 2 nitrogen and oxygen atoms in total. The van der Waals surface area contributed by atoms with Crippen LogP contribution in [0.1, 0.15) is 29.7 Å². The third-order valence-corrected chi connectivity index (χ3v) is 6.05. The molecule has 1 N–H and O–H groups in total. The van der Waals surface area contributed by atoms with Crippen LogP contribution in [0.2, 0.25) is 0 Å². The molecule has 1 aliphatic rings. The molecule has 0 aliphatic carbocycles. The van der Waals surface area contributed by atoms with Gasteiger partial charge in [0.1, 0.15) is 23.4 Å². The zero-order valence-corrected chi connectivity index (χ0v) is 18.1. The largest absolute Gasteiger partial charge is 0.507 e. The number of hydrogen-bond acceptors (Lipinski definition) is 2. The molecule has 0 amide bonds. The summed E-state index contributed by atoms with van der Waals surface area (Å²) in [4.78, 5) is 0. The van der Waals surface area contributed by atoms with Crippen LogP contribution >= 0.6 is 38.5 Å². The third-order valence-electron chi connectivity index (χ3n) is 4.69. The minimum atomic E-state index is -0.323. The molecule has 27 heavy (non-hydrogen) atoms. The van der Waals surface area contributed by atoms with Gasteiger partial charge in [-0.3, -0.25) is 0 Å². The van der Waals surface area contributed by atoms with Crippen molar-refractivity contribution in [2.75, 3.05) is 0 Å². The molecule has 1 heterocycles. The molecule has 0 spiro atoms. The lowest BCUT2D eigenvalue weighted by Gasteiger charge is -2.31. The van der Waals surface area contributed by atoms with Crippen molar-refractivity contribution < 1.29 is 14.2 Å². The Bertz CT molecular complexity index is 1040. The average molecular weight is 537 g/mol. The van der Waals surface area contributed by atoms with Crippen LogP contribution in [0.5, 0.6) is 11.5 Å². The quantitative estimate of drug-likeness (QED) is 0.359. The predicted octanol–water partition coefficient (Wildman–Crippen LogP) is 6.96. The lowest BCUT2D eigenvalue weighted by molar-refractivity contribution is 0.259. The van der Waals surface area contributed by atoms with Gasteiger partial charge in [0.15, 0.2) is 0 Å². The van der Waals surface area contributed by atoms with Gasteiger partial charge in [-0.25, -0.2) is 4.39 Å². The smallest absolute Gasteiger partial charge is 0.150 e. The van der Waals surface area contributed by atoms with E-state index in [0.29, 0.717) is 10.2 Å². The minimum Gasteiger partial charge on any atom is -0.507 e. The maximum Gasteiger partial charge on any atom is 0.150 e. The zero-order valence-electron chi connectivity index (χ0n) is 14.3. The van der Waals surface area contributed by atoms with Gasteiger partial charge in [0.05, 0.1) is 4.47 Å². The Morgan fingerprint density at radius 3 is 2.37 bits per heavy atom. The third kappa shape index (κ3) is 3.50. The van der Waals surface area contributed by atoms with Crippen molar-refractivity contribution in [3.05, 3.63) is 91.2 Å². The topological polar surface area (TPSA) is 29.5 Å². The van der Waals surface area contributed by atoms with E-state index in [1.165, 1.54) is 12.1 Å². The molecule has 1 atom stereocenters. The SMILES string of the molecule is CC1=C(c2ccc(F)cc2)C(c2ccc(I)cc2)Oc2cc(Br)c(O)cc21. The molecule has 0 radical (unpaired) electrons. The second-order valence-electron chi connectivity index (χ2n) is 6.39. The second kappa shape index (κ2) is 7.28. The van der Waals surface area contributed by atoms with E-state index in [1.807, 2.05) is 31.2 Å². The molecular weight excluding hydrogens is 522 g/mol. The fourth-order valence-corrected chi connectivity index (χ4v) is 4.01. The van der Waals surface area contributed by atoms with Gasteiger partial charge in [0.2, 0.25) is 0 Å². The number of benzene rings is 3. The van der Waals surface area contributed by atoms with Crippen LogP contribution in [0.3, 0.4) is 0 Å². The van der Waals surface area contributed by atoms with Gasteiger partial charge in [-0.1, -0.05) is 24.3 Å². The van der Waals surface area contributed by atoms with E-state index >= 15 is 0 Å². The van der Waals surface area contributed by atoms with E-state index in [9.17, 15) is 9.50 Å². The number of rotatable bonds is 2. The summed E-state index contributed by atoms with van der Waals surface area (Å²) in [6, 6.07) is 18.1. The van der Waals surface area contributed by atoms with E-state index < -0.39 is 0 Å². The van der Waals surface area contributed by atoms with Crippen LogP contribution in [0.25, 0.3) is 11.1 Å². The van der Waals surface area contributed by atoms with Crippen LogP contribution < -0.4 is 4.74 Å². The van der Waals surface area contributed by atoms with Crippen LogP contribution in [0, 0.1) is 9.39 Å². The van der Waals surface area contributed by atoms with Crippen molar-refractivity contribution in [1.29, 1.82) is 0 Å². The summed E-state index contributed by atoms with van der Waals surface area (Å²) in [6.07, 6.45) is -0.323. The Morgan fingerprint density at radius 2 is 1.70 bits per heavy atom. The van der Waals surface area contributed by atoms with E-state index in [2.05, 4.69) is 38.5 Å². The highest BCUT2D eigenvalue weighted by Crippen LogP contribution is 2.48. The van der Waals surface area contributed by atoms with Crippen LogP contribution in [0.15, 0.2) is 65.1 Å². The Hall–Kier alpha value is -1.86. The Kier molecular flexibility index (Phi) is 4.99. The number of hydrogen-bond donors (Lipinski definition) is 1. The zero-order chi connectivity index (χ0) is 19.1. The van der Waals surface area contributed by atoms with Gasteiger partial charge in [0, 0.05) is 14.7 Å². The standard InChI is InChI=1S/C22H15BrFIO2/c1-12-17-10-19(26)18(23)11-20(17)27-22(14-4-8-16(25)9-5-14)21(12)13-2-6-15(24)7-3-13/h2-11,22,26H,1H3. The van der Waals surface area contributed by atoms with E-state index in [4.69, 9.17) is 4.74 Å². The maximum atomic E-state index is 13.5. The van der Waals surface area contributed by atoms with Crippen molar-refractivity contribution in [3.63, 3.8) is 0 Å². The summed E-state index contributed by atoms with van der Waals surface area (Å²) in [5.74, 6) is 0.580. The van der Waals surface area contributed by atoms with Gasteiger partial charge in [0.25, 0.3) is 0 Å². The molecule has 3 aromatic carbocycles. The lowest BCUT2D eigenvalue weighted by atomic mass is 9.86. The summed E-state index contributed by atoms with van der Waals surface area (Å²) < 4.78 is 21.6. The van der Waals surface area contributed by atoms with Crippen molar-refractivity contribution in [2.45, 2.75) is 13.0 Å². The molecule has 4 rings (SSSR count). The average Bonchev–Trinajstić information content (AvgIpc) is 2.65. The van der Waals surface area contributed by atoms with Gasteiger partial charge in [-0.2, -0.15) is 0 Å². The summed E-state index contributed by atoms with van der Waals surface area (Å²) in [5.41, 5.74) is 4.70. The molecule has 3 aromatic rings. The summed E-state index contributed by atoms with van der Waals surface area (Å²) in [6.45, 7) is 2.01. The fourth-order valence-electron chi connectivity index (χ4n) is 3.33. The first-order valence-corrected chi connectivity index (χ1v) is 10.2. The van der Waals surface area contributed by atoms with Gasteiger partial charge in [-0.15, -0.1) is 0 Å². The van der Waals surface area contributed by atoms with E-state index in [-0.39, 0.29) is 17.7 Å². The summed E-state index contributed by atoms with van der Waals surface area (Å²) >= 11 is 5.63. The lowest BCUT2D eigenvalue weighted by Crippen LogP contribution is -2.16. The van der Waals surface area contributed by atoms with Crippen molar-refractivity contribution in [1.82, 2.24) is 0 Å². The van der Waals surface area contributed by atoms with Crippen LogP contribution in [-0.2, 0) is 0 Å². The number of ether oxygens (including phenoxy) is 1. The second-order valence-corrected chi connectivity index (χ2v) is 8.49. The molecule has 1 aliphatic heterocycles. The molecule has 1 unspecified atom stereocenters. The number of allylic oxidation sites excluding steroid dienone is 1. The Balaban J connectivity index is 1.94.